The van der Waals surface area contributed by atoms with Gasteiger partial charge in [0, 0.05) is 16.3 Å². The lowest BCUT2D eigenvalue weighted by atomic mass is 9.64. The van der Waals surface area contributed by atoms with Crippen LogP contribution in [-0.2, 0) is 5.41 Å². The first-order valence-electron chi connectivity index (χ1n) is 12.5. The predicted molar refractivity (Wildman–Crippen MR) is 150 cm³/mol. The van der Waals surface area contributed by atoms with E-state index in [1.165, 1.54) is 0 Å². The van der Waals surface area contributed by atoms with E-state index < -0.39 is 5.41 Å². The summed E-state index contributed by atoms with van der Waals surface area (Å²) in [5.74, 6) is 0.419. The fourth-order valence-electron chi connectivity index (χ4n) is 5.76. The highest BCUT2D eigenvalue weighted by Gasteiger charge is 2.43. The molecule has 1 N–H and O–H groups in total. The molecule has 0 unspecified atom stereocenters. The zero-order chi connectivity index (χ0) is 25.5. The van der Waals surface area contributed by atoms with E-state index in [0.717, 1.165) is 44.3 Å². The molecule has 0 saturated heterocycles. The summed E-state index contributed by atoms with van der Waals surface area (Å²) in [6.07, 6.45) is 0. The van der Waals surface area contributed by atoms with E-state index in [4.69, 9.17) is 0 Å². The van der Waals surface area contributed by atoms with Gasteiger partial charge in [-0.1, -0.05) is 121 Å². The maximum Gasteiger partial charge on any atom is 0.206 e. The first-order chi connectivity index (χ1) is 18.8. The van der Waals surface area contributed by atoms with Crippen molar-refractivity contribution in [3.05, 3.63) is 160 Å². The van der Waals surface area contributed by atoms with Crippen LogP contribution in [0.1, 0.15) is 22.3 Å². The van der Waals surface area contributed by atoms with Crippen molar-refractivity contribution in [2.75, 3.05) is 0 Å². The molecule has 0 atom stereocenters. The highest BCUT2D eigenvalue weighted by Crippen LogP contribution is 2.51. The molecular weight excluding hydrogens is 468 g/mol. The van der Waals surface area contributed by atoms with Crippen molar-refractivity contribution < 1.29 is 0 Å². The van der Waals surface area contributed by atoms with Crippen LogP contribution < -0.4 is 5.43 Å². The number of benzene rings is 5. The normalized spacial score (nSPS) is 11.8. The zero-order valence-corrected chi connectivity index (χ0v) is 20.4. The number of H-pyrrole nitrogens is 1. The molecular formula is C33H22N4O. The molecule has 7 rings (SSSR count). The predicted octanol–water partition coefficient (Wildman–Crippen LogP) is 6.31. The summed E-state index contributed by atoms with van der Waals surface area (Å²) >= 11 is 0. The summed E-state index contributed by atoms with van der Waals surface area (Å²) in [6.45, 7) is 0. The second-order valence-electron chi connectivity index (χ2n) is 9.38. The summed E-state index contributed by atoms with van der Waals surface area (Å²) < 4.78 is 0. The van der Waals surface area contributed by atoms with Crippen LogP contribution in [0.2, 0.25) is 0 Å². The van der Waals surface area contributed by atoms with E-state index in [-0.39, 0.29) is 5.43 Å². The molecule has 0 aliphatic rings. The van der Waals surface area contributed by atoms with E-state index in [2.05, 4.69) is 112 Å². The molecule has 6 aromatic carbocycles. The van der Waals surface area contributed by atoms with Gasteiger partial charge in [-0.15, -0.1) is 10.2 Å². The lowest BCUT2D eigenvalue weighted by Crippen LogP contribution is -2.31. The van der Waals surface area contributed by atoms with Gasteiger partial charge < -0.3 is 0 Å². The number of hydrogen-bond acceptors (Lipinski definition) is 4. The van der Waals surface area contributed by atoms with Crippen LogP contribution >= 0.6 is 0 Å². The van der Waals surface area contributed by atoms with Gasteiger partial charge in [-0.05, 0) is 44.7 Å². The van der Waals surface area contributed by atoms with Crippen molar-refractivity contribution in [2.24, 2.45) is 0 Å². The van der Waals surface area contributed by atoms with Crippen molar-refractivity contribution in [1.29, 1.82) is 0 Å². The van der Waals surface area contributed by atoms with Crippen LogP contribution in [0, 0.1) is 0 Å². The molecule has 0 aliphatic carbocycles. The standard InChI is InChI=1S/C33H22N4O/c38-31-29-27(21-26(22-13-5-1-6-14-22)28(30(29)31)32-34-36-37-35-32)33(23-15-7-2-8-16-23,24-17-9-3-10-18-24)25-19-11-4-12-20-25/h1-21H,(H,34,35,36,37). The molecule has 0 saturated carbocycles. The van der Waals surface area contributed by atoms with Crippen molar-refractivity contribution in [1.82, 2.24) is 20.6 Å². The summed E-state index contributed by atoms with van der Waals surface area (Å²) in [5, 5.41) is 16.3. The van der Waals surface area contributed by atoms with Gasteiger partial charge in [-0.3, -0.25) is 4.79 Å². The van der Waals surface area contributed by atoms with E-state index in [1.54, 1.807) is 0 Å². The van der Waals surface area contributed by atoms with Gasteiger partial charge in [0.15, 0.2) is 5.43 Å². The Kier molecular flexibility index (Phi) is 5.08. The molecule has 0 aliphatic heterocycles. The molecule has 0 radical (unpaired) electrons. The monoisotopic (exact) mass is 490 g/mol. The Morgan fingerprint density at radius 1 is 0.605 bits per heavy atom. The first kappa shape index (κ1) is 22.1. The molecule has 0 bridgehead atoms. The van der Waals surface area contributed by atoms with E-state index in [0.29, 0.717) is 11.2 Å². The van der Waals surface area contributed by atoms with Crippen LogP contribution in [0.15, 0.2) is 132 Å². The van der Waals surface area contributed by atoms with E-state index >= 15 is 0 Å². The number of nitrogens with zero attached hydrogens (tertiary/aromatic N) is 3. The SMILES string of the molecule is O=c1c2c(C(c3ccccc3)(c3ccccc3)c3ccccc3)cc(-c3ccccc3)c(-c3nn[nH]n3)c12. The van der Waals surface area contributed by atoms with Crippen LogP contribution in [-0.4, -0.2) is 20.6 Å². The van der Waals surface area contributed by atoms with Gasteiger partial charge in [0.2, 0.25) is 5.82 Å². The molecule has 1 aromatic heterocycles. The Balaban J connectivity index is 1.66. The fourth-order valence-corrected chi connectivity index (χ4v) is 5.76. The molecule has 0 amide bonds. The van der Waals surface area contributed by atoms with E-state index in [1.807, 2.05) is 36.4 Å². The Morgan fingerprint density at radius 2 is 1.11 bits per heavy atom. The molecule has 180 valence electrons. The molecule has 38 heavy (non-hydrogen) atoms. The van der Waals surface area contributed by atoms with E-state index in [9.17, 15) is 4.79 Å². The van der Waals surface area contributed by atoms with Crippen LogP contribution in [0.5, 0.6) is 0 Å². The van der Waals surface area contributed by atoms with Crippen LogP contribution in [0.4, 0.5) is 0 Å². The Hall–Kier alpha value is -5.16. The number of rotatable bonds is 6. The van der Waals surface area contributed by atoms with Gasteiger partial charge in [-0.25, -0.2) is 0 Å². The Morgan fingerprint density at radius 3 is 1.58 bits per heavy atom. The summed E-state index contributed by atoms with van der Waals surface area (Å²) in [5.41, 5.74) is 6.12. The number of hydrogen-bond donors (Lipinski definition) is 1. The third-order valence-corrected chi connectivity index (χ3v) is 7.40. The Labute approximate surface area is 219 Å². The zero-order valence-electron chi connectivity index (χ0n) is 20.4. The third-order valence-electron chi connectivity index (χ3n) is 7.40. The number of tetrazole rings is 1. The van der Waals surface area contributed by atoms with Crippen molar-refractivity contribution in [3.8, 4) is 22.5 Å². The smallest absolute Gasteiger partial charge is 0.206 e. The summed E-state index contributed by atoms with van der Waals surface area (Å²) in [4.78, 5) is 13.7. The highest BCUT2D eigenvalue weighted by atomic mass is 16.1. The number of aromatic nitrogens is 4. The number of fused-ring (bicyclic) bond motifs is 1. The maximum atomic E-state index is 13.7. The fraction of sp³-hybridized carbons (Fsp3) is 0.0303. The Bertz CT molecular complexity index is 1760. The second-order valence-corrected chi connectivity index (χ2v) is 9.38. The molecule has 5 heteroatoms. The average molecular weight is 491 g/mol. The first-order valence-corrected chi connectivity index (χ1v) is 12.5. The minimum atomic E-state index is -0.723. The molecule has 7 aromatic rings. The van der Waals surface area contributed by atoms with Crippen molar-refractivity contribution >= 4 is 10.8 Å². The van der Waals surface area contributed by atoms with Gasteiger partial charge in [0.25, 0.3) is 0 Å². The molecule has 0 spiro atoms. The molecule has 0 fully saturated rings. The van der Waals surface area contributed by atoms with Gasteiger partial charge >= 0.3 is 0 Å². The molecule has 5 nitrogen and oxygen atoms in total. The lowest BCUT2D eigenvalue weighted by Gasteiger charge is -2.37. The van der Waals surface area contributed by atoms with Gasteiger partial charge in [0.1, 0.15) is 0 Å². The van der Waals surface area contributed by atoms with Crippen molar-refractivity contribution in [2.45, 2.75) is 5.41 Å². The quantitative estimate of drug-likeness (QED) is 0.278. The van der Waals surface area contributed by atoms with Crippen molar-refractivity contribution in [3.63, 3.8) is 0 Å². The minimum absolute atomic E-state index is 0.0224. The largest absolute Gasteiger partial charge is 0.289 e. The highest BCUT2D eigenvalue weighted by molar-refractivity contribution is 6.14. The lowest BCUT2D eigenvalue weighted by molar-refractivity contribution is 0.754. The summed E-state index contributed by atoms with van der Waals surface area (Å²) in [6, 6.07) is 43.6. The number of aromatic amines is 1. The summed E-state index contributed by atoms with van der Waals surface area (Å²) in [7, 11) is 0. The molecule has 1 heterocycles. The topological polar surface area (TPSA) is 71.5 Å². The second kappa shape index (κ2) is 8.75. The third kappa shape index (κ3) is 3.26. The van der Waals surface area contributed by atoms with Gasteiger partial charge in [0.05, 0.1) is 5.41 Å². The average Bonchev–Trinajstić information content (AvgIpc) is 3.38. The van der Waals surface area contributed by atoms with Gasteiger partial charge in [-0.2, -0.15) is 5.21 Å². The number of nitrogens with one attached hydrogen (secondary N) is 1. The maximum absolute atomic E-state index is 13.7. The van der Waals surface area contributed by atoms with Crippen LogP contribution in [0.3, 0.4) is 0 Å². The van der Waals surface area contributed by atoms with Crippen LogP contribution in [0.25, 0.3) is 33.3 Å². The minimum Gasteiger partial charge on any atom is -0.289 e.